The lowest BCUT2D eigenvalue weighted by Crippen LogP contribution is -2.55. The first kappa shape index (κ1) is 23.4. The van der Waals surface area contributed by atoms with Crippen molar-refractivity contribution in [2.45, 2.75) is 63.3 Å². The summed E-state index contributed by atoms with van der Waals surface area (Å²) in [6.45, 7) is 4.26. The quantitative estimate of drug-likeness (QED) is 0.461. The number of benzene rings is 2. The number of alkyl halides is 3. The van der Waals surface area contributed by atoms with Crippen LogP contribution in [0, 0.1) is 0 Å². The smallest absolute Gasteiger partial charge is 0.351 e. The fourth-order valence-electron chi connectivity index (χ4n) is 5.11. The highest BCUT2D eigenvalue weighted by Crippen LogP contribution is 2.39. The van der Waals surface area contributed by atoms with Crippen molar-refractivity contribution in [1.29, 1.82) is 0 Å². The first-order chi connectivity index (χ1) is 15.7. The molecule has 7 heteroatoms. The number of aromatic nitrogens is 1. The van der Waals surface area contributed by atoms with E-state index in [1.807, 2.05) is 44.2 Å². The maximum Gasteiger partial charge on any atom is 0.407 e. The number of H-pyrrole nitrogens is 1. The number of hydrogen-bond acceptors (Lipinski definition) is 2. The molecule has 2 aromatic carbocycles. The van der Waals surface area contributed by atoms with Crippen molar-refractivity contribution in [2.75, 3.05) is 6.54 Å². The number of carbonyl (C=O) groups is 1. The molecule has 33 heavy (non-hydrogen) atoms. The summed E-state index contributed by atoms with van der Waals surface area (Å²) in [6.07, 6.45) is -1.79. The van der Waals surface area contributed by atoms with E-state index in [-0.39, 0.29) is 17.5 Å². The molecular weight excluding hydrogens is 427 g/mol. The van der Waals surface area contributed by atoms with Gasteiger partial charge < -0.3 is 9.88 Å². The van der Waals surface area contributed by atoms with Gasteiger partial charge in [0.25, 0.3) is 5.91 Å². The van der Waals surface area contributed by atoms with Crippen molar-refractivity contribution in [3.8, 4) is 0 Å². The van der Waals surface area contributed by atoms with Gasteiger partial charge in [-0.1, -0.05) is 48.5 Å². The molecule has 0 aliphatic heterocycles. The highest BCUT2D eigenvalue weighted by atomic mass is 19.4. The van der Waals surface area contributed by atoms with Gasteiger partial charge in [0.2, 0.25) is 0 Å². The number of carbonyl (C=O) groups excluding carboxylic acids is 1. The van der Waals surface area contributed by atoms with E-state index >= 15 is 0 Å². The van der Waals surface area contributed by atoms with E-state index in [1.165, 1.54) is 12.1 Å². The van der Waals surface area contributed by atoms with Gasteiger partial charge in [-0.25, -0.2) is 0 Å². The first-order valence-corrected chi connectivity index (χ1v) is 11.5. The Morgan fingerprint density at radius 1 is 1.18 bits per heavy atom. The Balaban J connectivity index is 1.54. The topological polar surface area (TPSA) is 48.1 Å². The number of nitrogens with zero attached hydrogens (tertiary/aromatic N) is 1. The highest BCUT2D eigenvalue weighted by molar-refractivity contribution is 5.98. The Morgan fingerprint density at radius 2 is 1.88 bits per heavy atom. The molecule has 1 aliphatic carbocycles. The summed E-state index contributed by atoms with van der Waals surface area (Å²) in [5, 5.41) is 3.89. The third kappa shape index (κ3) is 5.08. The summed E-state index contributed by atoms with van der Waals surface area (Å²) in [5.41, 5.74) is 0.862. The molecule has 2 N–H and O–H groups in total. The fraction of sp³-hybridized carbons (Fsp3) is 0.423. The fourth-order valence-corrected chi connectivity index (χ4v) is 5.11. The van der Waals surface area contributed by atoms with Crippen LogP contribution >= 0.6 is 0 Å². The molecule has 1 aromatic heterocycles. The van der Waals surface area contributed by atoms with Crippen LogP contribution in [0.4, 0.5) is 13.2 Å². The number of nitrogens with one attached hydrogen (secondary N) is 2. The third-order valence-electron chi connectivity index (χ3n) is 6.71. The summed E-state index contributed by atoms with van der Waals surface area (Å²) < 4.78 is 41.9. The number of halogens is 3. The van der Waals surface area contributed by atoms with Gasteiger partial charge in [-0.3, -0.25) is 10.1 Å². The lowest BCUT2D eigenvalue weighted by molar-refractivity contribution is -0.164. The van der Waals surface area contributed by atoms with Crippen LogP contribution in [-0.4, -0.2) is 40.1 Å². The van der Waals surface area contributed by atoms with Crippen LogP contribution in [0.1, 0.15) is 61.6 Å². The monoisotopic (exact) mass is 457 g/mol. The largest absolute Gasteiger partial charge is 0.407 e. The number of rotatable bonds is 6. The molecule has 176 valence electrons. The molecule has 0 bridgehead atoms. The average Bonchev–Trinajstić information content (AvgIpc) is 3.22. The Kier molecular flexibility index (Phi) is 6.52. The minimum absolute atomic E-state index is 0.113. The summed E-state index contributed by atoms with van der Waals surface area (Å²) in [7, 11) is 0. The molecule has 0 saturated heterocycles. The molecule has 1 aliphatic rings. The first-order valence-electron chi connectivity index (χ1n) is 11.5. The zero-order valence-electron chi connectivity index (χ0n) is 19.0. The second-order valence-electron chi connectivity index (χ2n) is 9.20. The average molecular weight is 458 g/mol. The van der Waals surface area contributed by atoms with Crippen LogP contribution in [0.2, 0.25) is 0 Å². The number of aromatic amines is 1. The molecule has 1 saturated carbocycles. The number of fused-ring (bicyclic) bond motifs is 1. The lowest BCUT2D eigenvalue weighted by Gasteiger charge is -2.45. The van der Waals surface area contributed by atoms with Crippen LogP contribution in [0.15, 0.2) is 60.7 Å². The van der Waals surface area contributed by atoms with E-state index < -0.39 is 17.8 Å². The van der Waals surface area contributed by atoms with Crippen LogP contribution in [-0.2, 0) is 0 Å². The molecule has 0 radical (unpaired) electrons. The van der Waals surface area contributed by atoms with Gasteiger partial charge in [0.15, 0.2) is 0 Å². The van der Waals surface area contributed by atoms with Gasteiger partial charge in [-0.05, 0) is 57.2 Å². The van der Waals surface area contributed by atoms with Gasteiger partial charge in [0.05, 0.1) is 0 Å². The van der Waals surface area contributed by atoms with Crippen molar-refractivity contribution in [3.05, 3.63) is 71.9 Å². The Bertz CT molecular complexity index is 1060. The molecule has 4 nitrogen and oxygen atoms in total. The summed E-state index contributed by atoms with van der Waals surface area (Å²) in [5.74, 6) is -0.113. The van der Waals surface area contributed by atoms with Gasteiger partial charge in [0.1, 0.15) is 11.7 Å². The number of amides is 1. The van der Waals surface area contributed by atoms with Crippen LogP contribution < -0.4 is 5.32 Å². The molecule has 1 heterocycles. The summed E-state index contributed by atoms with van der Waals surface area (Å²) in [6, 6.07) is 15.6. The van der Waals surface area contributed by atoms with E-state index in [9.17, 15) is 18.0 Å². The van der Waals surface area contributed by atoms with Gasteiger partial charge >= 0.3 is 6.18 Å². The molecule has 2 unspecified atom stereocenters. The van der Waals surface area contributed by atoms with Crippen molar-refractivity contribution < 1.29 is 18.0 Å². The van der Waals surface area contributed by atoms with E-state index in [2.05, 4.69) is 10.3 Å². The molecule has 3 atom stereocenters. The molecule has 4 rings (SSSR count). The van der Waals surface area contributed by atoms with E-state index in [0.29, 0.717) is 25.1 Å². The van der Waals surface area contributed by atoms with Crippen molar-refractivity contribution in [1.82, 2.24) is 15.2 Å². The van der Waals surface area contributed by atoms with Crippen molar-refractivity contribution >= 4 is 16.8 Å². The highest BCUT2D eigenvalue weighted by Gasteiger charge is 2.46. The van der Waals surface area contributed by atoms with E-state index in [4.69, 9.17) is 0 Å². The van der Waals surface area contributed by atoms with Gasteiger partial charge in [-0.2, -0.15) is 13.2 Å². The molecule has 1 amide bonds. The summed E-state index contributed by atoms with van der Waals surface area (Å²) >= 11 is 0. The molecule has 1 fully saturated rings. The van der Waals surface area contributed by atoms with E-state index in [1.54, 1.807) is 23.1 Å². The predicted octanol–water partition coefficient (Wildman–Crippen LogP) is 6.22. The predicted molar refractivity (Wildman–Crippen MR) is 124 cm³/mol. The minimum Gasteiger partial charge on any atom is -0.351 e. The summed E-state index contributed by atoms with van der Waals surface area (Å²) in [4.78, 5) is 18.3. The lowest BCUT2D eigenvalue weighted by atomic mass is 9.78. The number of para-hydroxylation sites is 1. The van der Waals surface area contributed by atoms with Crippen LogP contribution in [0.25, 0.3) is 10.9 Å². The molecule has 3 aromatic rings. The standard InChI is InChI=1S/C26H30F3N3O/c1-3-32(24(33)22-16-19-12-7-8-14-21(19)30-22)20-13-9-15-25(2,17-20)31-23(26(27,28)29)18-10-5-4-6-11-18/h4-8,10-12,14,16,20,23,30-31H,3,9,13,15,17H2,1-2H3/t20-,23?,25?/m0/s1. The number of hydrogen-bond donors (Lipinski definition) is 2. The van der Waals surface area contributed by atoms with Gasteiger partial charge in [-0.15, -0.1) is 0 Å². The third-order valence-corrected chi connectivity index (χ3v) is 6.71. The normalized spacial score (nSPS) is 22.3. The maximum absolute atomic E-state index is 14.0. The van der Waals surface area contributed by atoms with Crippen molar-refractivity contribution in [2.24, 2.45) is 0 Å². The van der Waals surface area contributed by atoms with Gasteiger partial charge in [0, 0.05) is 29.0 Å². The van der Waals surface area contributed by atoms with E-state index in [0.717, 1.165) is 23.7 Å². The zero-order valence-corrected chi connectivity index (χ0v) is 19.0. The van der Waals surface area contributed by atoms with Crippen LogP contribution in [0.3, 0.4) is 0 Å². The zero-order chi connectivity index (χ0) is 23.6. The van der Waals surface area contributed by atoms with Crippen molar-refractivity contribution in [3.63, 3.8) is 0 Å². The maximum atomic E-state index is 14.0. The Morgan fingerprint density at radius 3 is 2.55 bits per heavy atom. The van der Waals surface area contributed by atoms with Crippen LogP contribution in [0.5, 0.6) is 0 Å². The Labute approximate surface area is 192 Å². The molecular formula is C26H30F3N3O. The second-order valence-corrected chi connectivity index (χ2v) is 9.20. The second kappa shape index (κ2) is 9.21. The SMILES string of the molecule is CCN(C(=O)c1cc2ccccc2[nH]1)[C@H]1CCCC(C)(NC(c2ccccc2)C(F)(F)F)C1. The molecule has 0 spiro atoms. The Hall–Kier alpha value is -2.80. The minimum atomic E-state index is -4.41.